The minimum absolute atomic E-state index is 0.0117. The number of likely N-dealkylation sites (N-methyl/N-ethyl adjacent to an activating group) is 1. The van der Waals surface area contributed by atoms with Gasteiger partial charge in [-0.1, -0.05) is 0 Å². The number of aryl methyl sites for hydroxylation is 2. The number of methoxy groups -OCH3 is 1. The van der Waals surface area contributed by atoms with Crippen LogP contribution in [0.15, 0.2) is 0 Å². The van der Waals surface area contributed by atoms with Crippen LogP contribution in [0.1, 0.15) is 30.0 Å². The average Bonchev–Trinajstić information content (AvgIpc) is 2.63. The molecule has 0 aliphatic rings. The van der Waals surface area contributed by atoms with Crippen molar-refractivity contribution in [3.63, 3.8) is 0 Å². The summed E-state index contributed by atoms with van der Waals surface area (Å²) in [6.07, 6.45) is 0. The number of aromatic nitrogens is 2. The number of hydrogen-bond donors (Lipinski definition) is 1. The number of anilines is 1. The lowest BCUT2D eigenvalue weighted by atomic mass is 10.2. The van der Waals surface area contributed by atoms with Crippen molar-refractivity contribution in [1.82, 2.24) is 14.7 Å². The van der Waals surface area contributed by atoms with Crippen LogP contribution >= 0.6 is 0 Å². The van der Waals surface area contributed by atoms with Crippen LogP contribution in [0.2, 0.25) is 0 Å². The Morgan fingerprint density at radius 2 is 2.22 bits per heavy atom. The number of nitrogens with two attached hydrogens (primary N) is 1. The Kier molecular flexibility index (Phi) is 4.72. The molecule has 0 aliphatic heterocycles. The number of rotatable bonds is 5. The fourth-order valence-corrected chi connectivity index (χ4v) is 1.77. The van der Waals surface area contributed by atoms with Crippen molar-refractivity contribution < 1.29 is 9.53 Å². The van der Waals surface area contributed by atoms with Gasteiger partial charge in [-0.05, 0) is 20.8 Å². The maximum Gasteiger partial charge on any atom is 0.274 e. The Labute approximate surface area is 108 Å². The van der Waals surface area contributed by atoms with Gasteiger partial charge in [0.15, 0.2) is 0 Å². The number of nitrogen functional groups attached to an aromatic ring is 1. The third-order valence-corrected chi connectivity index (χ3v) is 3.07. The van der Waals surface area contributed by atoms with Crippen LogP contribution in [-0.2, 0) is 11.3 Å². The second kappa shape index (κ2) is 5.86. The Balaban J connectivity index is 3.03. The van der Waals surface area contributed by atoms with Crippen molar-refractivity contribution in [3.05, 3.63) is 11.4 Å². The van der Waals surface area contributed by atoms with Gasteiger partial charge in [-0.2, -0.15) is 5.10 Å². The molecule has 0 aromatic carbocycles. The van der Waals surface area contributed by atoms with E-state index in [1.54, 1.807) is 30.7 Å². The first-order valence-electron chi connectivity index (χ1n) is 6.02. The van der Waals surface area contributed by atoms with Crippen molar-refractivity contribution in [3.8, 4) is 0 Å². The largest absolute Gasteiger partial charge is 0.395 e. The van der Waals surface area contributed by atoms with Gasteiger partial charge in [-0.15, -0.1) is 0 Å². The van der Waals surface area contributed by atoms with Gasteiger partial charge < -0.3 is 15.4 Å². The Hall–Kier alpha value is -1.56. The van der Waals surface area contributed by atoms with E-state index >= 15 is 0 Å². The molecule has 0 bridgehead atoms. The molecule has 0 saturated heterocycles. The van der Waals surface area contributed by atoms with Crippen molar-refractivity contribution in [2.24, 2.45) is 0 Å². The molecule has 1 amide bonds. The van der Waals surface area contributed by atoms with Crippen LogP contribution < -0.4 is 5.73 Å². The molecule has 0 saturated carbocycles. The minimum Gasteiger partial charge on any atom is -0.395 e. The van der Waals surface area contributed by atoms with Gasteiger partial charge in [-0.25, -0.2) is 0 Å². The molecule has 0 spiro atoms. The van der Waals surface area contributed by atoms with E-state index in [1.165, 1.54) is 0 Å². The van der Waals surface area contributed by atoms with E-state index < -0.39 is 0 Å². The van der Waals surface area contributed by atoms with Crippen molar-refractivity contribution >= 4 is 11.6 Å². The summed E-state index contributed by atoms with van der Waals surface area (Å²) in [5.41, 5.74) is 7.53. The third-order valence-electron chi connectivity index (χ3n) is 3.07. The number of nitrogens with zero attached hydrogens (tertiary/aromatic N) is 3. The van der Waals surface area contributed by atoms with Gasteiger partial charge in [0.2, 0.25) is 0 Å². The van der Waals surface area contributed by atoms with E-state index in [4.69, 9.17) is 10.5 Å². The minimum atomic E-state index is -0.125. The normalized spacial score (nSPS) is 12.5. The predicted octanol–water partition coefficient (Wildman–Crippen LogP) is 0.901. The van der Waals surface area contributed by atoms with E-state index in [1.807, 2.05) is 13.8 Å². The Morgan fingerprint density at radius 1 is 1.61 bits per heavy atom. The number of carbonyl (C=O) groups excluding carboxylic acids is 1. The number of ether oxygens (including phenoxy) is 1. The highest BCUT2D eigenvalue weighted by Crippen LogP contribution is 2.18. The van der Waals surface area contributed by atoms with Crippen LogP contribution in [0, 0.1) is 6.92 Å². The summed E-state index contributed by atoms with van der Waals surface area (Å²) in [4.78, 5) is 14.0. The summed E-state index contributed by atoms with van der Waals surface area (Å²) in [5.74, 6) is -0.125. The lowest BCUT2D eigenvalue weighted by Gasteiger charge is -2.24. The summed E-state index contributed by atoms with van der Waals surface area (Å²) < 4.78 is 6.70. The van der Waals surface area contributed by atoms with E-state index in [9.17, 15) is 4.79 Å². The first-order chi connectivity index (χ1) is 8.43. The summed E-state index contributed by atoms with van der Waals surface area (Å²) in [6.45, 7) is 6.77. The first-order valence-corrected chi connectivity index (χ1v) is 6.02. The van der Waals surface area contributed by atoms with Crippen molar-refractivity contribution in [1.29, 1.82) is 0 Å². The monoisotopic (exact) mass is 254 g/mol. The molecule has 6 nitrogen and oxygen atoms in total. The predicted molar refractivity (Wildman–Crippen MR) is 70.5 cm³/mol. The lowest BCUT2D eigenvalue weighted by Crippen LogP contribution is -2.39. The zero-order valence-electron chi connectivity index (χ0n) is 11.7. The molecule has 0 aliphatic carbocycles. The van der Waals surface area contributed by atoms with E-state index in [2.05, 4.69) is 5.10 Å². The first kappa shape index (κ1) is 14.5. The van der Waals surface area contributed by atoms with Gasteiger partial charge in [0, 0.05) is 20.7 Å². The molecule has 2 N–H and O–H groups in total. The highest BCUT2D eigenvalue weighted by Gasteiger charge is 2.24. The van der Waals surface area contributed by atoms with Crippen LogP contribution in [-0.4, -0.2) is 47.4 Å². The topological polar surface area (TPSA) is 73.4 Å². The third kappa shape index (κ3) is 2.64. The van der Waals surface area contributed by atoms with E-state index in [-0.39, 0.29) is 11.9 Å². The van der Waals surface area contributed by atoms with Gasteiger partial charge in [-0.3, -0.25) is 9.48 Å². The van der Waals surface area contributed by atoms with Gasteiger partial charge >= 0.3 is 0 Å². The number of hydrogen-bond acceptors (Lipinski definition) is 4. The highest BCUT2D eigenvalue weighted by atomic mass is 16.5. The van der Waals surface area contributed by atoms with Crippen LogP contribution in [0.25, 0.3) is 0 Å². The zero-order chi connectivity index (χ0) is 13.9. The van der Waals surface area contributed by atoms with Crippen LogP contribution in [0.3, 0.4) is 0 Å². The standard InChI is InChI=1S/C12H22N4O2/c1-6-16-11(10(13)9(3)14-16)12(17)15(4)8(2)7-18-5/h8H,6-7,13H2,1-5H3. The molecule has 6 heteroatoms. The lowest BCUT2D eigenvalue weighted by molar-refractivity contribution is 0.0623. The van der Waals surface area contributed by atoms with Crippen molar-refractivity contribution in [2.75, 3.05) is 26.5 Å². The number of carbonyl (C=O) groups is 1. The number of amides is 1. The molecule has 18 heavy (non-hydrogen) atoms. The summed E-state index contributed by atoms with van der Waals surface area (Å²) >= 11 is 0. The van der Waals surface area contributed by atoms with Gasteiger partial charge in [0.25, 0.3) is 5.91 Å². The SMILES string of the molecule is CCn1nc(C)c(N)c1C(=O)N(C)C(C)COC. The van der Waals surface area contributed by atoms with Gasteiger partial charge in [0.05, 0.1) is 24.0 Å². The molecule has 1 heterocycles. The van der Waals surface area contributed by atoms with Crippen molar-refractivity contribution in [2.45, 2.75) is 33.4 Å². The Bertz CT molecular complexity index is 428. The second-order valence-corrected chi connectivity index (χ2v) is 4.38. The smallest absolute Gasteiger partial charge is 0.274 e. The van der Waals surface area contributed by atoms with Crippen LogP contribution in [0.4, 0.5) is 5.69 Å². The average molecular weight is 254 g/mol. The summed E-state index contributed by atoms with van der Waals surface area (Å²) in [6, 6.07) is -0.0117. The van der Waals surface area contributed by atoms with Crippen LogP contribution in [0.5, 0.6) is 0 Å². The molecule has 1 aromatic heterocycles. The maximum absolute atomic E-state index is 12.4. The van der Waals surface area contributed by atoms with E-state index in [0.717, 1.165) is 0 Å². The Morgan fingerprint density at radius 3 is 2.72 bits per heavy atom. The quantitative estimate of drug-likeness (QED) is 0.847. The summed E-state index contributed by atoms with van der Waals surface area (Å²) in [7, 11) is 3.36. The molecule has 1 aromatic rings. The fraction of sp³-hybridized carbons (Fsp3) is 0.667. The molecule has 0 radical (unpaired) electrons. The highest BCUT2D eigenvalue weighted by molar-refractivity contribution is 5.98. The van der Waals surface area contributed by atoms with Gasteiger partial charge in [0.1, 0.15) is 5.69 Å². The maximum atomic E-state index is 12.4. The summed E-state index contributed by atoms with van der Waals surface area (Å²) in [5, 5.41) is 4.25. The molecule has 102 valence electrons. The molecule has 1 unspecified atom stereocenters. The second-order valence-electron chi connectivity index (χ2n) is 4.38. The molecular weight excluding hydrogens is 232 g/mol. The van der Waals surface area contributed by atoms with E-state index in [0.29, 0.717) is 30.2 Å². The molecule has 1 atom stereocenters. The molecule has 0 fully saturated rings. The molecule has 1 rings (SSSR count). The zero-order valence-corrected chi connectivity index (χ0v) is 11.7. The molecular formula is C12H22N4O2. The fourth-order valence-electron chi connectivity index (χ4n) is 1.77.